The van der Waals surface area contributed by atoms with Crippen molar-refractivity contribution >= 4 is 23.2 Å². The van der Waals surface area contributed by atoms with E-state index in [1.165, 1.54) is 19.3 Å². The molecule has 0 atom stereocenters. The first-order chi connectivity index (χ1) is 13.1. The molecule has 0 spiro atoms. The van der Waals surface area contributed by atoms with Crippen LogP contribution in [0.1, 0.15) is 69.2 Å². The predicted molar refractivity (Wildman–Crippen MR) is 110 cm³/mol. The van der Waals surface area contributed by atoms with E-state index in [1.54, 1.807) is 0 Å². The van der Waals surface area contributed by atoms with Crippen molar-refractivity contribution in [2.75, 3.05) is 36.4 Å². The number of rotatable bonds is 5. The van der Waals surface area contributed by atoms with Crippen molar-refractivity contribution < 1.29 is 9.59 Å². The molecule has 0 radical (unpaired) electrons. The molecule has 0 saturated carbocycles. The van der Waals surface area contributed by atoms with Gasteiger partial charge in [0.25, 0.3) is 5.91 Å². The summed E-state index contributed by atoms with van der Waals surface area (Å²) in [6.07, 6.45) is 7.05. The number of hydrogen-bond acceptors (Lipinski definition) is 3. The lowest BCUT2D eigenvalue weighted by Crippen LogP contribution is -2.39. The van der Waals surface area contributed by atoms with Gasteiger partial charge in [-0.2, -0.15) is 0 Å². The quantitative estimate of drug-likeness (QED) is 0.840. The Hall–Kier alpha value is -2.04. The monoisotopic (exact) mass is 371 g/mol. The first-order valence-corrected chi connectivity index (χ1v) is 10.6. The molecule has 0 aromatic heterocycles. The van der Waals surface area contributed by atoms with Crippen LogP contribution < -0.4 is 10.2 Å². The molecule has 2 fully saturated rings. The largest absolute Gasteiger partial charge is 0.371 e. The van der Waals surface area contributed by atoms with E-state index in [1.807, 2.05) is 30.0 Å². The highest BCUT2D eigenvalue weighted by Gasteiger charge is 2.26. The van der Waals surface area contributed by atoms with Crippen LogP contribution in [0.3, 0.4) is 0 Å². The number of benzene rings is 1. The summed E-state index contributed by atoms with van der Waals surface area (Å²) in [6, 6.07) is 5.84. The maximum atomic E-state index is 13.3. The zero-order chi connectivity index (χ0) is 19.2. The highest BCUT2D eigenvalue weighted by molar-refractivity contribution is 6.02. The van der Waals surface area contributed by atoms with Gasteiger partial charge in [-0.05, 0) is 62.6 Å². The van der Waals surface area contributed by atoms with Crippen LogP contribution in [0.15, 0.2) is 18.2 Å². The first-order valence-electron chi connectivity index (χ1n) is 10.6. The van der Waals surface area contributed by atoms with Crippen LogP contribution in [0, 0.1) is 5.92 Å². The van der Waals surface area contributed by atoms with E-state index >= 15 is 0 Å². The first kappa shape index (κ1) is 19.7. The zero-order valence-electron chi connectivity index (χ0n) is 16.8. The Morgan fingerprint density at radius 1 is 1.07 bits per heavy atom. The normalized spacial score (nSPS) is 18.4. The minimum Gasteiger partial charge on any atom is -0.371 e. The third kappa shape index (κ3) is 5.02. The number of anilines is 2. The number of piperidine rings is 2. The molecule has 5 heteroatoms. The maximum absolute atomic E-state index is 13.3. The molecular formula is C22H33N3O2. The SMILES string of the molecule is CCCC(=O)Nc1ccc(N2CCCCC2)c(C(=O)N2CCC(C)CC2)c1. The highest BCUT2D eigenvalue weighted by atomic mass is 16.2. The van der Waals surface area contributed by atoms with Gasteiger partial charge in [-0.1, -0.05) is 13.8 Å². The average Bonchev–Trinajstić information content (AvgIpc) is 2.69. The second kappa shape index (κ2) is 9.25. The van der Waals surface area contributed by atoms with Gasteiger partial charge in [-0.15, -0.1) is 0 Å². The molecule has 0 bridgehead atoms. The van der Waals surface area contributed by atoms with Crippen LogP contribution in [0.25, 0.3) is 0 Å². The van der Waals surface area contributed by atoms with Gasteiger partial charge in [-0.3, -0.25) is 9.59 Å². The molecule has 0 aliphatic carbocycles. The van der Waals surface area contributed by atoms with Gasteiger partial charge in [0, 0.05) is 44.0 Å². The number of carbonyl (C=O) groups excluding carboxylic acids is 2. The topological polar surface area (TPSA) is 52.7 Å². The molecule has 2 aliphatic rings. The summed E-state index contributed by atoms with van der Waals surface area (Å²) >= 11 is 0. The molecule has 2 amide bonds. The summed E-state index contributed by atoms with van der Waals surface area (Å²) in [5.74, 6) is 0.803. The summed E-state index contributed by atoms with van der Waals surface area (Å²) in [4.78, 5) is 29.6. The molecule has 5 nitrogen and oxygen atoms in total. The van der Waals surface area contributed by atoms with Crippen LogP contribution in [0.4, 0.5) is 11.4 Å². The van der Waals surface area contributed by atoms with E-state index in [4.69, 9.17) is 0 Å². The van der Waals surface area contributed by atoms with E-state index in [0.717, 1.165) is 62.4 Å². The van der Waals surface area contributed by atoms with Crippen LogP contribution in [0.5, 0.6) is 0 Å². The number of nitrogens with zero attached hydrogens (tertiary/aromatic N) is 2. The van der Waals surface area contributed by atoms with Crippen LogP contribution in [0.2, 0.25) is 0 Å². The van der Waals surface area contributed by atoms with E-state index in [0.29, 0.717) is 12.3 Å². The van der Waals surface area contributed by atoms with Crippen molar-refractivity contribution in [1.82, 2.24) is 4.90 Å². The second-order valence-electron chi connectivity index (χ2n) is 8.05. The molecule has 1 aromatic rings. The molecule has 1 aromatic carbocycles. The molecule has 148 valence electrons. The fourth-order valence-corrected chi connectivity index (χ4v) is 4.03. The van der Waals surface area contributed by atoms with Crippen molar-refractivity contribution in [3.8, 4) is 0 Å². The molecular weight excluding hydrogens is 338 g/mol. The number of nitrogens with one attached hydrogen (secondary N) is 1. The Kier molecular flexibility index (Phi) is 6.75. The second-order valence-corrected chi connectivity index (χ2v) is 8.05. The van der Waals surface area contributed by atoms with Crippen molar-refractivity contribution in [3.63, 3.8) is 0 Å². The number of amides is 2. The predicted octanol–water partition coefficient (Wildman–Crippen LogP) is 4.29. The summed E-state index contributed by atoms with van der Waals surface area (Å²) in [7, 11) is 0. The lowest BCUT2D eigenvalue weighted by Gasteiger charge is -2.34. The minimum atomic E-state index is 0.00780. The minimum absolute atomic E-state index is 0.00780. The van der Waals surface area contributed by atoms with Gasteiger partial charge in [0.15, 0.2) is 0 Å². The molecule has 0 unspecified atom stereocenters. The van der Waals surface area contributed by atoms with Crippen molar-refractivity contribution in [3.05, 3.63) is 23.8 Å². The maximum Gasteiger partial charge on any atom is 0.256 e. The van der Waals surface area contributed by atoms with Gasteiger partial charge in [0.1, 0.15) is 0 Å². The van der Waals surface area contributed by atoms with Gasteiger partial charge in [-0.25, -0.2) is 0 Å². The van der Waals surface area contributed by atoms with Gasteiger partial charge in [0.05, 0.1) is 5.56 Å². The van der Waals surface area contributed by atoms with Crippen molar-refractivity contribution in [2.45, 2.75) is 58.8 Å². The van der Waals surface area contributed by atoms with Crippen LogP contribution in [-0.2, 0) is 4.79 Å². The van der Waals surface area contributed by atoms with Crippen LogP contribution in [-0.4, -0.2) is 42.9 Å². The summed E-state index contributed by atoms with van der Waals surface area (Å²) in [6.45, 7) is 7.89. The molecule has 2 aliphatic heterocycles. The fraction of sp³-hybridized carbons (Fsp3) is 0.636. The van der Waals surface area contributed by atoms with Gasteiger partial charge >= 0.3 is 0 Å². The van der Waals surface area contributed by atoms with Crippen molar-refractivity contribution in [1.29, 1.82) is 0 Å². The van der Waals surface area contributed by atoms with E-state index in [2.05, 4.69) is 17.1 Å². The lowest BCUT2D eigenvalue weighted by atomic mass is 9.98. The Morgan fingerprint density at radius 2 is 1.78 bits per heavy atom. The standard InChI is InChI=1S/C22H33N3O2/c1-3-7-21(26)23-18-8-9-20(24-12-5-4-6-13-24)19(16-18)22(27)25-14-10-17(2)11-15-25/h8-9,16-17H,3-7,10-15H2,1-2H3,(H,23,26). The van der Waals surface area contributed by atoms with E-state index < -0.39 is 0 Å². The average molecular weight is 372 g/mol. The highest BCUT2D eigenvalue weighted by Crippen LogP contribution is 2.29. The summed E-state index contributed by atoms with van der Waals surface area (Å²) in [5, 5.41) is 2.95. The Bertz CT molecular complexity index is 660. The number of carbonyl (C=O) groups is 2. The Balaban J connectivity index is 1.86. The van der Waals surface area contributed by atoms with Crippen LogP contribution >= 0.6 is 0 Å². The van der Waals surface area contributed by atoms with E-state index in [-0.39, 0.29) is 11.8 Å². The summed E-state index contributed by atoms with van der Waals surface area (Å²) in [5.41, 5.74) is 2.48. The van der Waals surface area contributed by atoms with Gasteiger partial charge < -0.3 is 15.1 Å². The third-order valence-corrected chi connectivity index (χ3v) is 5.76. The number of likely N-dealkylation sites (tertiary alicyclic amines) is 1. The van der Waals surface area contributed by atoms with Crippen molar-refractivity contribution in [2.24, 2.45) is 5.92 Å². The lowest BCUT2D eigenvalue weighted by molar-refractivity contribution is -0.116. The fourth-order valence-electron chi connectivity index (χ4n) is 4.03. The zero-order valence-corrected chi connectivity index (χ0v) is 16.8. The molecule has 3 rings (SSSR count). The summed E-state index contributed by atoms with van der Waals surface area (Å²) < 4.78 is 0. The van der Waals surface area contributed by atoms with E-state index in [9.17, 15) is 9.59 Å². The molecule has 1 N–H and O–H groups in total. The molecule has 27 heavy (non-hydrogen) atoms. The number of hydrogen-bond donors (Lipinski definition) is 1. The van der Waals surface area contributed by atoms with Gasteiger partial charge in [0.2, 0.25) is 5.91 Å². The Labute approximate surface area is 163 Å². The Morgan fingerprint density at radius 3 is 2.44 bits per heavy atom. The molecule has 2 heterocycles. The smallest absolute Gasteiger partial charge is 0.256 e. The molecule has 2 saturated heterocycles. The third-order valence-electron chi connectivity index (χ3n) is 5.76.